The topological polar surface area (TPSA) is 69.6 Å². The second-order valence-corrected chi connectivity index (χ2v) is 7.77. The molecule has 1 aliphatic carbocycles. The van der Waals surface area contributed by atoms with Crippen LogP contribution < -0.4 is 5.32 Å². The Morgan fingerprint density at radius 3 is 2.15 bits per heavy atom. The van der Waals surface area contributed by atoms with E-state index in [9.17, 15) is 15.0 Å². The lowest BCUT2D eigenvalue weighted by atomic mass is 9.67. The van der Waals surface area contributed by atoms with Crippen molar-refractivity contribution in [2.45, 2.75) is 51.4 Å². The van der Waals surface area contributed by atoms with E-state index in [-0.39, 0.29) is 22.5 Å². The van der Waals surface area contributed by atoms with Crippen LogP contribution >= 0.6 is 0 Å². The van der Waals surface area contributed by atoms with Crippen LogP contribution in [0.2, 0.25) is 0 Å². The van der Waals surface area contributed by atoms with Gasteiger partial charge in [-0.25, -0.2) is 0 Å². The fourth-order valence-corrected chi connectivity index (χ4v) is 3.99. The Labute approximate surface area is 154 Å². The zero-order valence-electron chi connectivity index (χ0n) is 15.5. The number of benzene rings is 2. The van der Waals surface area contributed by atoms with Gasteiger partial charge >= 0.3 is 0 Å². The first kappa shape index (κ1) is 18.3. The maximum atomic E-state index is 12.5. The van der Waals surface area contributed by atoms with E-state index in [4.69, 9.17) is 0 Å². The average Bonchev–Trinajstić information content (AvgIpc) is 2.62. The Balaban J connectivity index is 1.87. The highest BCUT2D eigenvalue weighted by Gasteiger charge is 2.33. The SMILES string of the molecule is CC(C)(c1cc(O)c(C(=O)Nc2ccccc2)c(O)c1)C1CCCCC1. The van der Waals surface area contributed by atoms with Gasteiger partial charge in [0.2, 0.25) is 0 Å². The van der Waals surface area contributed by atoms with E-state index < -0.39 is 5.91 Å². The van der Waals surface area contributed by atoms with E-state index in [1.807, 2.05) is 18.2 Å². The maximum Gasteiger partial charge on any atom is 0.263 e. The molecule has 3 rings (SSSR count). The third kappa shape index (κ3) is 3.69. The molecular formula is C22H27NO3. The minimum Gasteiger partial charge on any atom is -0.507 e. The number of aromatic hydroxyl groups is 2. The van der Waals surface area contributed by atoms with Gasteiger partial charge in [-0.3, -0.25) is 4.79 Å². The molecule has 0 heterocycles. The molecule has 26 heavy (non-hydrogen) atoms. The molecule has 0 atom stereocenters. The molecule has 1 saturated carbocycles. The van der Waals surface area contributed by atoms with Gasteiger partial charge in [0.05, 0.1) is 0 Å². The van der Waals surface area contributed by atoms with Gasteiger partial charge in [0.1, 0.15) is 17.1 Å². The van der Waals surface area contributed by atoms with Crippen LogP contribution in [0.3, 0.4) is 0 Å². The summed E-state index contributed by atoms with van der Waals surface area (Å²) in [5.74, 6) is -0.373. The van der Waals surface area contributed by atoms with Crippen molar-refractivity contribution in [3.8, 4) is 11.5 Å². The lowest BCUT2D eigenvalue weighted by molar-refractivity contribution is 0.102. The highest BCUT2D eigenvalue weighted by Crippen LogP contribution is 2.43. The summed E-state index contributed by atoms with van der Waals surface area (Å²) in [5.41, 5.74) is 1.24. The third-order valence-electron chi connectivity index (χ3n) is 5.73. The van der Waals surface area contributed by atoms with Gasteiger partial charge in [-0.2, -0.15) is 0 Å². The van der Waals surface area contributed by atoms with E-state index in [1.54, 1.807) is 24.3 Å². The third-order valence-corrected chi connectivity index (χ3v) is 5.73. The summed E-state index contributed by atoms with van der Waals surface area (Å²) in [7, 11) is 0. The molecule has 3 N–H and O–H groups in total. The van der Waals surface area contributed by atoms with Crippen LogP contribution in [0, 0.1) is 5.92 Å². The van der Waals surface area contributed by atoms with Gasteiger partial charge in [0.15, 0.2) is 0 Å². The molecule has 0 aliphatic heterocycles. The number of para-hydroxylation sites is 1. The number of phenols is 2. The summed E-state index contributed by atoms with van der Waals surface area (Å²) < 4.78 is 0. The molecule has 138 valence electrons. The van der Waals surface area contributed by atoms with Crippen LogP contribution in [-0.4, -0.2) is 16.1 Å². The molecular weight excluding hydrogens is 326 g/mol. The van der Waals surface area contributed by atoms with Gasteiger partial charge in [-0.05, 0) is 54.0 Å². The summed E-state index contributed by atoms with van der Waals surface area (Å²) in [5, 5.41) is 23.6. The van der Waals surface area contributed by atoms with Crippen molar-refractivity contribution < 1.29 is 15.0 Å². The molecule has 2 aromatic carbocycles. The highest BCUT2D eigenvalue weighted by molar-refractivity contribution is 6.08. The maximum absolute atomic E-state index is 12.5. The molecule has 0 spiro atoms. The number of phenolic OH excluding ortho intramolecular Hbond substituents is 2. The molecule has 4 nitrogen and oxygen atoms in total. The monoisotopic (exact) mass is 353 g/mol. The standard InChI is InChI=1S/C22H27NO3/c1-22(2,15-9-5-3-6-10-15)16-13-18(24)20(19(25)14-16)21(26)23-17-11-7-4-8-12-17/h4,7-8,11-15,24-25H,3,5-6,9-10H2,1-2H3,(H,23,26). The first-order valence-corrected chi connectivity index (χ1v) is 9.32. The van der Waals surface area contributed by atoms with Crippen molar-refractivity contribution >= 4 is 11.6 Å². The smallest absolute Gasteiger partial charge is 0.263 e. The normalized spacial score (nSPS) is 15.6. The van der Waals surface area contributed by atoms with Crippen molar-refractivity contribution in [1.82, 2.24) is 0 Å². The van der Waals surface area contributed by atoms with Crippen LogP contribution in [0.5, 0.6) is 11.5 Å². The number of amides is 1. The Morgan fingerprint density at radius 2 is 1.58 bits per heavy atom. The Hall–Kier alpha value is -2.49. The largest absolute Gasteiger partial charge is 0.507 e. The van der Waals surface area contributed by atoms with Crippen LogP contribution in [0.1, 0.15) is 61.9 Å². The van der Waals surface area contributed by atoms with Crippen molar-refractivity contribution in [2.75, 3.05) is 5.32 Å². The second kappa shape index (κ2) is 7.40. The summed E-state index contributed by atoms with van der Waals surface area (Å²) in [4.78, 5) is 12.5. The molecule has 0 bridgehead atoms. The van der Waals surface area contributed by atoms with Gasteiger partial charge in [-0.15, -0.1) is 0 Å². The number of anilines is 1. The first-order valence-electron chi connectivity index (χ1n) is 9.32. The number of rotatable bonds is 4. The molecule has 1 amide bonds. The molecule has 2 aromatic rings. The number of hydrogen-bond acceptors (Lipinski definition) is 3. The van der Waals surface area contributed by atoms with E-state index in [0.717, 1.165) is 18.4 Å². The number of hydrogen-bond donors (Lipinski definition) is 3. The first-order chi connectivity index (χ1) is 12.4. The molecule has 0 unspecified atom stereocenters. The lowest BCUT2D eigenvalue weighted by Gasteiger charge is -2.37. The predicted octanol–water partition coefficient (Wildman–Crippen LogP) is 5.21. The summed E-state index contributed by atoms with van der Waals surface area (Å²) in [6.45, 7) is 4.31. The zero-order chi connectivity index (χ0) is 18.7. The summed E-state index contributed by atoms with van der Waals surface area (Å²) in [6.07, 6.45) is 6.05. The van der Waals surface area contributed by atoms with E-state index in [1.165, 1.54) is 19.3 Å². The van der Waals surface area contributed by atoms with Crippen molar-refractivity contribution in [1.29, 1.82) is 0 Å². The molecule has 4 heteroatoms. The minimum atomic E-state index is -0.520. The molecule has 1 fully saturated rings. The van der Waals surface area contributed by atoms with E-state index >= 15 is 0 Å². The van der Waals surface area contributed by atoms with Crippen molar-refractivity contribution in [2.24, 2.45) is 5.92 Å². The van der Waals surface area contributed by atoms with Crippen molar-refractivity contribution in [3.63, 3.8) is 0 Å². The fourth-order valence-electron chi connectivity index (χ4n) is 3.99. The molecule has 0 radical (unpaired) electrons. The summed E-state index contributed by atoms with van der Waals surface area (Å²) in [6, 6.07) is 12.3. The lowest BCUT2D eigenvalue weighted by Crippen LogP contribution is -2.30. The quantitative estimate of drug-likeness (QED) is 0.707. The zero-order valence-corrected chi connectivity index (χ0v) is 15.5. The van der Waals surface area contributed by atoms with Crippen LogP contribution in [0.25, 0.3) is 0 Å². The van der Waals surface area contributed by atoms with Crippen LogP contribution in [0.15, 0.2) is 42.5 Å². The van der Waals surface area contributed by atoms with Gasteiger partial charge in [-0.1, -0.05) is 51.3 Å². The second-order valence-electron chi connectivity index (χ2n) is 7.77. The predicted molar refractivity (Wildman–Crippen MR) is 104 cm³/mol. The number of carbonyl (C=O) groups excluding carboxylic acids is 1. The number of nitrogens with one attached hydrogen (secondary N) is 1. The minimum absolute atomic E-state index is 0.0861. The van der Waals surface area contributed by atoms with Gasteiger partial charge in [0.25, 0.3) is 5.91 Å². The molecule has 0 aromatic heterocycles. The van der Waals surface area contributed by atoms with Crippen LogP contribution in [0.4, 0.5) is 5.69 Å². The average molecular weight is 353 g/mol. The molecule has 0 saturated heterocycles. The number of carbonyl (C=O) groups is 1. The van der Waals surface area contributed by atoms with Gasteiger partial charge < -0.3 is 15.5 Å². The van der Waals surface area contributed by atoms with E-state index in [0.29, 0.717) is 11.6 Å². The van der Waals surface area contributed by atoms with Crippen LogP contribution in [-0.2, 0) is 5.41 Å². The Bertz CT molecular complexity index is 754. The highest BCUT2D eigenvalue weighted by atomic mass is 16.3. The summed E-state index contributed by atoms with van der Waals surface area (Å²) >= 11 is 0. The molecule has 1 aliphatic rings. The Morgan fingerprint density at radius 1 is 1.00 bits per heavy atom. The Kier molecular flexibility index (Phi) is 5.21. The van der Waals surface area contributed by atoms with Crippen molar-refractivity contribution in [3.05, 3.63) is 53.6 Å². The van der Waals surface area contributed by atoms with E-state index in [2.05, 4.69) is 19.2 Å². The van der Waals surface area contributed by atoms with Gasteiger partial charge in [0, 0.05) is 5.69 Å². The fraction of sp³-hybridized carbons (Fsp3) is 0.409.